The van der Waals surface area contributed by atoms with Crippen LogP contribution in [0.25, 0.3) is 0 Å². The number of anilines is 1. The van der Waals surface area contributed by atoms with Crippen molar-refractivity contribution in [2.75, 3.05) is 12.3 Å². The molecule has 0 saturated heterocycles. The van der Waals surface area contributed by atoms with Crippen molar-refractivity contribution in [3.8, 4) is 0 Å². The molecule has 0 amide bonds. The number of benzene rings is 1. The zero-order valence-corrected chi connectivity index (χ0v) is 12.1. The number of hydrogen-bond donors (Lipinski definition) is 2. The molecule has 1 aromatic carbocycles. The van der Waals surface area contributed by atoms with Crippen LogP contribution in [0.15, 0.2) is 27.6 Å². The molecular weight excluding hydrogens is 280 g/mol. The maximum absolute atomic E-state index is 12.1. The molecule has 0 atom stereocenters. The van der Waals surface area contributed by atoms with Gasteiger partial charge in [0.05, 0.1) is 4.90 Å². The fourth-order valence-electron chi connectivity index (χ4n) is 1.60. The highest BCUT2D eigenvalue weighted by atomic mass is 32.2. The van der Waals surface area contributed by atoms with Gasteiger partial charge >= 0.3 is 0 Å². The monoisotopic (exact) mass is 296 g/mol. The van der Waals surface area contributed by atoms with E-state index in [1.165, 1.54) is 12.1 Å². The van der Waals surface area contributed by atoms with Gasteiger partial charge in [0.2, 0.25) is 15.9 Å². The molecule has 0 aliphatic carbocycles. The molecule has 0 aliphatic heterocycles. The van der Waals surface area contributed by atoms with E-state index < -0.39 is 10.0 Å². The second kappa shape index (κ2) is 5.59. The molecule has 0 radical (unpaired) electrons. The van der Waals surface area contributed by atoms with Crippen LogP contribution in [0.4, 0.5) is 5.69 Å². The molecule has 20 heavy (non-hydrogen) atoms. The zero-order chi connectivity index (χ0) is 14.8. The average Bonchev–Trinajstić information content (AvgIpc) is 2.78. The molecule has 2 aromatic rings. The summed E-state index contributed by atoms with van der Waals surface area (Å²) in [5.41, 5.74) is 7.00. The summed E-state index contributed by atoms with van der Waals surface area (Å²) >= 11 is 0. The van der Waals surface area contributed by atoms with E-state index in [-0.39, 0.29) is 11.4 Å². The van der Waals surface area contributed by atoms with E-state index in [2.05, 4.69) is 14.9 Å². The lowest BCUT2D eigenvalue weighted by molar-refractivity contribution is 0.375. The lowest BCUT2D eigenvalue weighted by Crippen LogP contribution is -2.26. The van der Waals surface area contributed by atoms with E-state index >= 15 is 0 Å². The van der Waals surface area contributed by atoms with Gasteiger partial charge in [-0.05, 0) is 31.5 Å². The van der Waals surface area contributed by atoms with E-state index in [0.29, 0.717) is 23.8 Å². The molecule has 2 rings (SSSR count). The minimum Gasteiger partial charge on any atom is -0.398 e. The normalized spacial score (nSPS) is 11.7. The van der Waals surface area contributed by atoms with Gasteiger partial charge in [-0.25, -0.2) is 13.1 Å². The van der Waals surface area contributed by atoms with Crippen LogP contribution in [0, 0.1) is 13.8 Å². The van der Waals surface area contributed by atoms with Gasteiger partial charge in [-0.3, -0.25) is 0 Å². The fourth-order valence-corrected chi connectivity index (χ4v) is 2.67. The smallest absolute Gasteiger partial charge is 0.240 e. The molecule has 0 saturated carbocycles. The quantitative estimate of drug-likeness (QED) is 0.789. The number of hydrogen-bond acceptors (Lipinski definition) is 6. The maximum atomic E-state index is 12.1. The zero-order valence-electron chi connectivity index (χ0n) is 11.3. The number of aromatic nitrogens is 2. The molecule has 0 spiro atoms. The van der Waals surface area contributed by atoms with Crippen molar-refractivity contribution in [3.63, 3.8) is 0 Å². The Bertz CT molecular complexity index is 709. The number of nitrogens with one attached hydrogen (secondary N) is 1. The third kappa shape index (κ3) is 3.34. The molecule has 0 fully saturated rings. The third-order valence-corrected chi connectivity index (χ3v) is 4.22. The summed E-state index contributed by atoms with van der Waals surface area (Å²) in [7, 11) is -3.58. The fraction of sp³-hybridized carbons (Fsp3) is 0.333. The van der Waals surface area contributed by atoms with Gasteiger partial charge in [-0.15, -0.1) is 0 Å². The molecular formula is C12H16N4O3S. The Labute approximate surface area is 117 Å². The van der Waals surface area contributed by atoms with Gasteiger partial charge in [0.15, 0.2) is 5.82 Å². The van der Waals surface area contributed by atoms with Crippen LogP contribution < -0.4 is 10.5 Å². The predicted octanol–water partition coefficient (Wildman–Crippen LogP) is 0.790. The molecule has 8 heteroatoms. The van der Waals surface area contributed by atoms with Gasteiger partial charge in [0.1, 0.15) is 0 Å². The average molecular weight is 296 g/mol. The van der Waals surface area contributed by atoms with Crippen LogP contribution >= 0.6 is 0 Å². The Morgan fingerprint density at radius 2 is 2.10 bits per heavy atom. The lowest BCUT2D eigenvalue weighted by Gasteiger charge is -2.07. The van der Waals surface area contributed by atoms with Crippen LogP contribution in [0.2, 0.25) is 0 Å². The van der Waals surface area contributed by atoms with Gasteiger partial charge in [-0.1, -0.05) is 11.2 Å². The standard InChI is InChI=1S/C12H16N4O3S/c1-8-3-4-10(7-11(8)13)20(17,18)14-6-5-12-15-9(2)16-19-12/h3-4,7,14H,5-6,13H2,1-2H3. The van der Waals surface area contributed by atoms with Gasteiger partial charge in [0.25, 0.3) is 0 Å². The van der Waals surface area contributed by atoms with Gasteiger partial charge < -0.3 is 10.3 Å². The Hall–Kier alpha value is -1.93. The number of sulfonamides is 1. The SMILES string of the molecule is Cc1noc(CCNS(=O)(=O)c2ccc(C)c(N)c2)n1. The summed E-state index contributed by atoms with van der Waals surface area (Å²) in [5.74, 6) is 0.919. The van der Waals surface area contributed by atoms with Crippen molar-refractivity contribution >= 4 is 15.7 Å². The first-order valence-electron chi connectivity index (χ1n) is 6.03. The molecule has 1 heterocycles. The minimum atomic E-state index is -3.58. The Balaban J connectivity index is 2.02. The second-order valence-electron chi connectivity index (χ2n) is 4.40. The van der Waals surface area contributed by atoms with E-state index in [0.717, 1.165) is 5.56 Å². The summed E-state index contributed by atoms with van der Waals surface area (Å²) in [6.07, 6.45) is 0.335. The first kappa shape index (κ1) is 14.5. The van der Waals surface area contributed by atoms with Crippen LogP contribution in [0.1, 0.15) is 17.3 Å². The van der Waals surface area contributed by atoms with E-state index in [4.69, 9.17) is 10.3 Å². The number of nitrogens with zero attached hydrogens (tertiary/aromatic N) is 2. The lowest BCUT2D eigenvalue weighted by atomic mass is 10.2. The molecule has 0 unspecified atom stereocenters. The van der Waals surface area contributed by atoms with E-state index in [9.17, 15) is 8.42 Å². The summed E-state index contributed by atoms with van der Waals surface area (Å²) in [4.78, 5) is 4.14. The van der Waals surface area contributed by atoms with Crippen molar-refractivity contribution in [2.45, 2.75) is 25.2 Å². The summed E-state index contributed by atoms with van der Waals surface area (Å²) in [6.45, 7) is 3.70. The number of rotatable bonds is 5. The first-order chi connectivity index (χ1) is 9.38. The first-order valence-corrected chi connectivity index (χ1v) is 7.52. The molecule has 0 bridgehead atoms. The summed E-state index contributed by atoms with van der Waals surface area (Å²) < 4.78 is 31.5. The Morgan fingerprint density at radius 3 is 2.70 bits per heavy atom. The predicted molar refractivity (Wildman–Crippen MR) is 73.5 cm³/mol. The minimum absolute atomic E-state index is 0.141. The Morgan fingerprint density at radius 1 is 1.35 bits per heavy atom. The molecule has 7 nitrogen and oxygen atoms in total. The Kier molecular flexibility index (Phi) is 4.05. The molecule has 0 aliphatic rings. The van der Waals surface area contributed by atoms with Crippen LogP contribution in [0.5, 0.6) is 0 Å². The largest absolute Gasteiger partial charge is 0.398 e. The van der Waals surface area contributed by atoms with E-state index in [1.807, 2.05) is 6.92 Å². The molecule has 3 N–H and O–H groups in total. The van der Waals surface area contributed by atoms with Crippen molar-refractivity contribution in [2.24, 2.45) is 0 Å². The molecule has 1 aromatic heterocycles. The van der Waals surface area contributed by atoms with Crippen molar-refractivity contribution in [1.82, 2.24) is 14.9 Å². The van der Waals surface area contributed by atoms with Gasteiger partial charge in [-0.2, -0.15) is 4.98 Å². The van der Waals surface area contributed by atoms with Gasteiger partial charge in [0, 0.05) is 18.7 Å². The summed E-state index contributed by atoms with van der Waals surface area (Å²) in [5, 5.41) is 3.63. The summed E-state index contributed by atoms with van der Waals surface area (Å²) in [6, 6.07) is 4.63. The highest BCUT2D eigenvalue weighted by Gasteiger charge is 2.15. The maximum Gasteiger partial charge on any atom is 0.240 e. The van der Waals surface area contributed by atoms with E-state index in [1.54, 1.807) is 13.0 Å². The molecule has 108 valence electrons. The van der Waals surface area contributed by atoms with Crippen LogP contribution in [-0.4, -0.2) is 25.1 Å². The van der Waals surface area contributed by atoms with Crippen LogP contribution in [-0.2, 0) is 16.4 Å². The van der Waals surface area contributed by atoms with Crippen molar-refractivity contribution in [3.05, 3.63) is 35.5 Å². The topological polar surface area (TPSA) is 111 Å². The second-order valence-corrected chi connectivity index (χ2v) is 6.17. The number of nitrogen functional groups attached to an aromatic ring is 1. The highest BCUT2D eigenvalue weighted by molar-refractivity contribution is 7.89. The third-order valence-electron chi connectivity index (χ3n) is 2.76. The number of aryl methyl sites for hydroxylation is 2. The highest BCUT2D eigenvalue weighted by Crippen LogP contribution is 2.16. The van der Waals surface area contributed by atoms with Crippen molar-refractivity contribution in [1.29, 1.82) is 0 Å². The number of nitrogens with two attached hydrogens (primary N) is 1. The van der Waals surface area contributed by atoms with Crippen LogP contribution in [0.3, 0.4) is 0 Å². The van der Waals surface area contributed by atoms with Crippen molar-refractivity contribution < 1.29 is 12.9 Å².